The summed E-state index contributed by atoms with van der Waals surface area (Å²) in [4.78, 5) is 0. The highest BCUT2D eigenvalue weighted by Gasteiger charge is 2.03. The van der Waals surface area contributed by atoms with E-state index in [1.54, 1.807) is 6.07 Å². The summed E-state index contributed by atoms with van der Waals surface area (Å²) in [6, 6.07) is 4.57. The standard InChI is InChI=1S/C10H13BrFNO/c1-7(6-14)13-5-8-4-9(12)2-3-10(8)11/h2-4,7,13-14H,5-6H2,1H3. The summed E-state index contributed by atoms with van der Waals surface area (Å²) in [5, 5.41) is 11.9. The predicted molar refractivity (Wildman–Crippen MR) is 57.5 cm³/mol. The van der Waals surface area contributed by atoms with Gasteiger partial charge in [0.05, 0.1) is 6.61 Å². The quantitative estimate of drug-likeness (QED) is 0.870. The lowest BCUT2D eigenvalue weighted by atomic mass is 10.2. The van der Waals surface area contributed by atoms with E-state index in [1.165, 1.54) is 12.1 Å². The number of benzene rings is 1. The molecule has 4 heteroatoms. The summed E-state index contributed by atoms with van der Waals surface area (Å²) in [7, 11) is 0. The normalized spacial score (nSPS) is 12.9. The van der Waals surface area contributed by atoms with Gasteiger partial charge in [0.25, 0.3) is 0 Å². The number of aliphatic hydroxyl groups excluding tert-OH is 1. The van der Waals surface area contributed by atoms with E-state index in [9.17, 15) is 4.39 Å². The molecule has 1 atom stereocenters. The van der Waals surface area contributed by atoms with Crippen LogP contribution < -0.4 is 5.32 Å². The topological polar surface area (TPSA) is 32.3 Å². The van der Waals surface area contributed by atoms with Crippen molar-refractivity contribution in [3.63, 3.8) is 0 Å². The second-order valence-electron chi connectivity index (χ2n) is 3.20. The molecular formula is C10H13BrFNO. The predicted octanol–water partition coefficient (Wildman–Crippen LogP) is 2.06. The Hall–Kier alpha value is -0.450. The molecule has 78 valence electrons. The van der Waals surface area contributed by atoms with Gasteiger partial charge in [0.2, 0.25) is 0 Å². The molecule has 0 aromatic heterocycles. The van der Waals surface area contributed by atoms with E-state index in [-0.39, 0.29) is 18.5 Å². The lowest BCUT2D eigenvalue weighted by Crippen LogP contribution is -2.28. The number of aliphatic hydroxyl groups is 1. The molecule has 1 aromatic rings. The Morgan fingerprint density at radius 1 is 1.57 bits per heavy atom. The molecule has 0 aliphatic rings. The van der Waals surface area contributed by atoms with Crippen LogP contribution in [-0.4, -0.2) is 17.8 Å². The molecule has 0 heterocycles. The van der Waals surface area contributed by atoms with Crippen molar-refractivity contribution in [2.24, 2.45) is 0 Å². The van der Waals surface area contributed by atoms with Gasteiger partial charge in [-0.3, -0.25) is 0 Å². The van der Waals surface area contributed by atoms with E-state index in [2.05, 4.69) is 21.2 Å². The lowest BCUT2D eigenvalue weighted by molar-refractivity contribution is 0.251. The van der Waals surface area contributed by atoms with E-state index in [0.717, 1.165) is 10.0 Å². The first kappa shape index (κ1) is 11.6. The minimum absolute atomic E-state index is 0.0187. The fourth-order valence-corrected chi connectivity index (χ4v) is 1.41. The molecule has 0 aliphatic carbocycles. The zero-order valence-corrected chi connectivity index (χ0v) is 9.51. The van der Waals surface area contributed by atoms with Gasteiger partial charge in [-0.05, 0) is 30.7 Å². The Morgan fingerprint density at radius 2 is 2.29 bits per heavy atom. The minimum atomic E-state index is -0.248. The largest absolute Gasteiger partial charge is 0.395 e. The van der Waals surface area contributed by atoms with E-state index in [1.807, 2.05) is 6.92 Å². The van der Waals surface area contributed by atoms with E-state index in [0.29, 0.717) is 6.54 Å². The van der Waals surface area contributed by atoms with Gasteiger partial charge in [0, 0.05) is 17.1 Å². The molecule has 14 heavy (non-hydrogen) atoms. The van der Waals surface area contributed by atoms with Crippen molar-refractivity contribution in [1.82, 2.24) is 5.32 Å². The lowest BCUT2D eigenvalue weighted by Gasteiger charge is -2.11. The summed E-state index contributed by atoms with van der Waals surface area (Å²) in [5.74, 6) is -0.248. The molecule has 1 aromatic carbocycles. The maximum absolute atomic E-state index is 12.9. The fourth-order valence-electron chi connectivity index (χ4n) is 1.03. The molecule has 0 saturated carbocycles. The average Bonchev–Trinajstić information content (AvgIpc) is 2.19. The number of halogens is 2. The van der Waals surface area contributed by atoms with Gasteiger partial charge < -0.3 is 10.4 Å². The molecule has 0 spiro atoms. The summed E-state index contributed by atoms with van der Waals surface area (Å²) in [5.41, 5.74) is 0.852. The summed E-state index contributed by atoms with van der Waals surface area (Å²) >= 11 is 3.33. The van der Waals surface area contributed by atoms with Crippen molar-refractivity contribution in [2.45, 2.75) is 19.5 Å². The monoisotopic (exact) mass is 261 g/mol. The molecule has 0 saturated heterocycles. The molecule has 0 aliphatic heterocycles. The van der Waals surface area contributed by atoms with Crippen LogP contribution in [0, 0.1) is 5.82 Å². The van der Waals surface area contributed by atoms with Crippen LogP contribution >= 0.6 is 15.9 Å². The summed E-state index contributed by atoms with van der Waals surface area (Å²) in [6.45, 7) is 2.49. The first-order valence-corrected chi connectivity index (χ1v) is 5.21. The molecule has 0 bridgehead atoms. The molecule has 0 fully saturated rings. The highest BCUT2D eigenvalue weighted by atomic mass is 79.9. The first-order chi connectivity index (χ1) is 6.63. The minimum Gasteiger partial charge on any atom is -0.395 e. The number of rotatable bonds is 4. The third-order valence-electron chi connectivity index (χ3n) is 1.92. The third kappa shape index (κ3) is 3.36. The van der Waals surface area contributed by atoms with Gasteiger partial charge in [-0.15, -0.1) is 0 Å². The number of nitrogens with one attached hydrogen (secondary N) is 1. The molecule has 1 rings (SSSR count). The van der Waals surface area contributed by atoms with E-state index < -0.39 is 0 Å². The SMILES string of the molecule is CC(CO)NCc1cc(F)ccc1Br. The van der Waals surface area contributed by atoms with Crippen LogP contribution in [-0.2, 0) is 6.54 Å². The van der Waals surface area contributed by atoms with Crippen molar-refractivity contribution in [3.8, 4) is 0 Å². The Bertz CT molecular complexity index is 306. The van der Waals surface area contributed by atoms with Crippen LogP contribution in [0.2, 0.25) is 0 Å². The van der Waals surface area contributed by atoms with Crippen LogP contribution in [0.15, 0.2) is 22.7 Å². The van der Waals surface area contributed by atoms with E-state index in [4.69, 9.17) is 5.11 Å². The highest BCUT2D eigenvalue weighted by Crippen LogP contribution is 2.17. The second-order valence-corrected chi connectivity index (χ2v) is 4.05. The van der Waals surface area contributed by atoms with Crippen LogP contribution in [0.4, 0.5) is 4.39 Å². The molecular weight excluding hydrogens is 249 g/mol. The van der Waals surface area contributed by atoms with Gasteiger partial charge in [-0.2, -0.15) is 0 Å². The van der Waals surface area contributed by atoms with Crippen molar-refractivity contribution in [2.75, 3.05) is 6.61 Å². The highest BCUT2D eigenvalue weighted by molar-refractivity contribution is 9.10. The van der Waals surface area contributed by atoms with Crippen molar-refractivity contribution in [1.29, 1.82) is 0 Å². The van der Waals surface area contributed by atoms with Crippen molar-refractivity contribution < 1.29 is 9.50 Å². The number of hydrogen-bond donors (Lipinski definition) is 2. The maximum Gasteiger partial charge on any atom is 0.123 e. The Kier molecular flexibility index (Phi) is 4.51. The Balaban J connectivity index is 2.62. The molecule has 0 radical (unpaired) electrons. The first-order valence-electron chi connectivity index (χ1n) is 4.41. The van der Waals surface area contributed by atoms with Crippen molar-refractivity contribution in [3.05, 3.63) is 34.1 Å². The fraction of sp³-hybridized carbons (Fsp3) is 0.400. The molecule has 0 amide bonds. The van der Waals surface area contributed by atoms with Crippen LogP contribution in [0.5, 0.6) is 0 Å². The molecule has 2 N–H and O–H groups in total. The zero-order valence-electron chi connectivity index (χ0n) is 7.93. The Labute approximate surface area is 91.3 Å². The van der Waals surface area contributed by atoms with E-state index >= 15 is 0 Å². The number of hydrogen-bond acceptors (Lipinski definition) is 2. The van der Waals surface area contributed by atoms with Crippen LogP contribution in [0.1, 0.15) is 12.5 Å². The maximum atomic E-state index is 12.9. The third-order valence-corrected chi connectivity index (χ3v) is 2.70. The van der Waals surface area contributed by atoms with Crippen molar-refractivity contribution >= 4 is 15.9 Å². The second kappa shape index (κ2) is 5.44. The van der Waals surface area contributed by atoms with Gasteiger partial charge in [0.15, 0.2) is 0 Å². The molecule has 2 nitrogen and oxygen atoms in total. The summed E-state index contributed by atoms with van der Waals surface area (Å²) in [6.07, 6.45) is 0. The van der Waals surface area contributed by atoms with Crippen LogP contribution in [0.25, 0.3) is 0 Å². The van der Waals surface area contributed by atoms with Gasteiger partial charge in [-0.1, -0.05) is 15.9 Å². The van der Waals surface area contributed by atoms with Gasteiger partial charge >= 0.3 is 0 Å². The van der Waals surface area contributed by atoms with Gasteiger partial charge in [-0.25, -0.2) is 4.39 Å². The average molecular weight is 262 g/mol. The Morgan fingerprint density at radius 3 is 2.93 bits per heavy atom. The molecule has 1 unspecified atom stereocenters. The van der Waals surface area contributed by atoms with Crippen LogP contribution in [0.3, 0.4) is 0 Å². The summed E-state index contributed by atoms with van der Waals surface area (Å²) < 4.78 is 13.7. The van der Waals surface area contributed by atoms with Gasteiger partial charge in [0.1, 0.15) is 5.82 Å². The zero-order chi connectivity index (χ0) is 10.6. The smallest absolute Gasteiger partial charge is 0.123 e.